The second-order valence-corrected chi connectivity index (χ2v) is 5.57. The maximum Gasteiger partial charge on any atom is 0.220 e. The van der Waals surface area contributed by atoms with E-state index in [1.54, 1.807) is 18.2 Å². The first-order valence-corrected chi connectivity index (χ1v) is 7.57. The third kappa shape index (κ3) is 4.71. The van der Waals surface area contributed by atoms with Crippen LogP contribution in [0.1, 0.15) is 41.7 Å². The Bertz CT molecular complexity index is 655. The topological polar surface area (TPSA) is 46.2 Å². The number of benzene rings is 2. The highest BCUT2D eigenvalue weighted by molar-refractivity contribution is 6.30. The first kappa shape index (κ1) is 16.2. The molecule has 0 saturated heterocycles. The normalized spacial score (nSPS) is 11.7. The zero-order valence-electron chi connectivity index (χ0n) is 12.4. The Balaban J connectivity index is 1.84. The first-order chi connectivity index (χ1) is 10.6. The van der Waals surface area contributed by atoms with Gasteiger partial charge >= 0.3 is 0 Å². The largest absolute Gasteiger partial charge is 0.350 e. The molecule has 3 nitrogen and oxygen atoms in total. The number of amides is 1. The van der Waals surface area contributed by atoms with Crippen LogP contribution >= 0.6 is 11.6 Å². The molecule has 4 heteroatoms. The minimum atomic E-state index is -0.142. The van der Waals surface area contributed by atoms with E-state index >= 15 is 0 Å². The zero-order valence-corrected chi connectivity index (χ0v) is 13.1. The van der Waals surface area contributed by atoms with Crippen molar-refractivity contribution in [3.63, 3.8) is 0 Å². The van der Waals surface area contributed by atoms with Crippen molar-refractivity contribution in [2.24, 2.45) is 0 Å². The molecule has 2 rings (SSSR count). The van der Waals surface area contributed by atoms with Gasteiger partial charge in [-0.25, -0.2) is 0 Å². The van der Waals surface area contributed by atoms with Crippen LogP contribution in [0.5, 0.6) is 0 Å². The van der Waals surface area contributed by atoms with Crippen LogP contribution in [-0.4, -0.2) is 11.7 Å². The summed E-state index contributed by atoms with van der Waals surface area (Å²) in [6.07, 6.45) is 0.386. The van der Waals surface area contributed by atoms with Gasteiger partial charge in [-0.3, -0.25) is 9.59 Å². The first-order valence-electron chi connectivity index (χ1n) is 7.19. The summed E-state index contributed by atoms with van der Waals surface area (Å²) >= 11 is 5.94. The van der Waals surface area contributed by atoms with Gasteiger partial charge in [0.25, 0.3) is 0 Å². The Kier molecular flexibility index (Phi) is 5.73. The number of Topliss-reactive ketones (excluding diaryl/α,β-unsaturated/α-hetero) is 1. The number of carbonyl (C=O) groups excluding carboxylic acids is 2. The smallest absolute Gasteiger partial charge is 0.220 e. The van der Waals surface area contributed by atoms with Crippen LogP contribution in [0.15, 0.2) is 54.6 Å². The molecule has 2 aromatic carbocycles. The summed E-state index contributed by atoms with van der Waals surface area (Å²) < 4.78 is 0. The molecule has 2 aromatic rings. The van der Waals surface area contributed by atoms with Gasteiger partial charge in [-0.1, -0.05) is 54.1 Å². The van der Waals surface area contributed by atoms with E-state index in [0.717, 1.165) is 5.56 Å². The second-order valence-electron chi connectivity index (χ2n) is 5.13. The van der Waals surface area contributed by atoms with Gasteiger partial charge in [0, 0.05) is 23.4 Å². The van der Waals surface area contributed by atoms with Gasteiger partial charge in [0.1, 0.15) is 0 Å². The van der Waals surface area contributed by atoms with Crippen LogP contribution in [-0.2, 0) is 4.79 Å². The van der Waals surface area contributed by atoms with Gasteiger partial charge in [-0.15, -0.1) is 0 Å². The predicted molar refractivity (Wildman–Crippen MR) is 88.0 cm³/mol. The minimum Gasteiger partial charge on any atom is -0.350 e. The molecule has 0 fully saturated rings. The van der Waals surface area contributed by atoms with Crippen LogP contribution in [0.25, 0.3) is 0 Å². The monoisotopic (exact) mass is 315 g/mol. The van der Waals surface area contributed by atoms with E-state index in [1.807, 2.05) is 43.3 Å². The quantitative estimate of drug-likeness (QED) is 0.813. The molecular formula is C18H18ClNO2. The Morgan fingerprint density at radius 3 is 2.45 bits per heavy atom. The molecular weight excluding hydrogens is 298 g/mol. The number of ketones is 1. The van der Waals surface area contributed by atoms with Crippen molar-refractivity contribution >= 4 is 23.3 Å². The summed E-state index contributed by atoms with van der Waals surface area (Å²) in [6, 6.07) is 16.2. The summed E-state index contributed by atoms with van der Waals surface area (Å²) in [5.41, 5.74) is 1.58. The highest BCUT2D eigenvalue weighted by Gasteiger charge is 2.12. The summed E-state index contributed by atoms with van der Waals surface area (Å²) in [5, 5.41) is 3.52. The van der Waals surface area contributed by atoms with Crippen molar-refractivity contribution in [3.8, 4) is 0 Å². The average Bonchev–Trinajstić information content (AvgIpc) is 2.53. The highest BCUT2D eigenvalue weighted by Crippen LogP contribution is 2.17. The summed E-state index contributed by atoms with van der Waals surface area (Å²) in [5.74, 6) is -0.164. The summed E-state index contributed by atoms with van der Waals surface area (Å²) in [7, 11) is 0. The third-order valence-corrected chi connectivity index (χ3v) is 3.64. The molecule has 0 unspecified atom stereocenters. The lowest BCUT2D eigenvalue weighted by molar-refractivity contribution is -0.121. The molecule has 0 aromatic heterocycles. The molecule has 0 saturated carbocycles. The van der Waals surface area contributed by atoms with Gasteiger partial charge in [0.15, 0.2) is 5.78 Å². The molecule has 0 radical (unpaired) electrons. The van der Waals surface area contributed by atoms with Crippen LogP contribution in [0.2, 0.25) is 5.02 Å². The van der Waals surface area contributed by atoms with Crippen molar-refractivity contribution in [2.45, 2.75) is 25.8 Å². The van der Waals surface area contributed by atoms with Gasteiger partial charge in [0.2, 0.25) is 5.91 Å². The van der Waals surface area contributed by atoms with E-state index in [9.17, 15) is 9.59 Å². The lowest BCUT2D eigenvalue weighted by atomic mass is 10.1. The Morgan fingerprint density at radius 2 is 1.77 bits per heavy atom. The Morgan fingerprint density at radius 1 is 1.05 bits per heavy atom. The van der Waals surface area contributed by atoms with E-state index in [2.05, 4.69) is 5.32 Å². The second kappa shape index (κ2) is 7.76. The number of hydrogen-bond donors (Lipinski definition) is 1. The van der Waals surface area contributed by atoms with Crippen LogP contribution in [0.3, 0.4) is 0 Å². The Labute approximate surface area is 135 Å². The molecule has 0 spiro atoms. The number of nitrogens with one attached hydrogen (secondary N) is 1. The standard InChI is InChI=1S/C18H18ClNO2/c1-13(15-8-5-9-16(19)12-15)20-18(22)11-10-17(21)14-6-3-2-4-7-14/h2-9,12-13H,10-11H2,1H3,(H,20,22)/t13-/m1/s1. The Hall–Kier alpha value is -2.13. The fourth-order valence-corrected chi connectivity index (χ4v) is 2.37. The van der Waals surface area contributed by atoms with Gasteiger partial charge in [-0.05, 0) is 24.6 Å². The van der Waals surface area contributed by atoms with E-state index in [-0.39, 0.29) is 30.6 Å². The average molecular weight is 316 g/mol. The fourth-order valence-electron chi connectivity index (χ4n) is 2.17. The maximum absolute atomic E-state index is 12.0. The van der Waals surface area contributed by atoms with E-state index in [4.69, 9.17) is 11.6 Å². The maximum atomic E-state index is 12.0. The number of rotatable bonds is 6. The van der Waals surface area contributed by atoms with Crippen molar-refractivity contribution < 1.29 is 9.59 Å². The van der Waals surface area contributed by atoms with Crippen molar-refractivity contribution in [1.82, 2.24) is 5.32 Å². The number of hydrogen-bond acceptors (Lipinski definition) is 2. The molecule has 0 heterocycles. The SMILES string of the molecule is C[C@@H](NC(=O)CCC(=O)c1ccccc1)c1cccc(Cl)c1. The lowest BCUT2D eigenvalue weighted by Crippen LogP contribution is -2.26. The van der Waals surface area contributed by atoms with E-state index in [1.165, 1.54) is 0 Å². The summed E-state index contributed by atoms with van der Waals surface area (Å²) in [6.45, 7) is 1.89. The molecule has 0 bridgehead atoms. The minimum absolute atomic E-state index is 0.0221. The van der Waals surface area contributed by atoms with Gasteiger partial charge in [-0.2, -0.15) is 0 Å². The molecule has 1 amide bonds. The van der Waals surface area contributed by atoms with Crippen molar-refractivity contribution in [2.75, 3.05) is 0 Å². The van der Waals surface area contributed by atoms with Gasteiger partial charge in [0.05, 0.1) is 6.04 Å². The summed E-state index contributed by atoms with van der Waals surface area (Å²) in [4.78, 5) is 23.9. The van der Waals surface area contributed by atoms with E-state index in [0.29, 0.717) is 10.6 Å². The van der Waals surface area contributed by atoms with Gasteiger partial charge < -0.3 is 5.32 Å². The lowest BCUT2D eigenvalue weighted by Gasteiger charge is -2.14. The zero-order chi connectivity index (χ0) is 15.9. The van der Waals surface area contributed by atoms with Crippen LogP contribution in [0.4, 0.5) is 0 Å². The molecule has 1 N–H and O–H groups in total. The fraction of sp³-hybridized carbons (Fsp3) is 0.222. The van der Waals surface area contributed by atoms with Crippen molar-refractivity contribution in [3.05, 3.63) is 70.7 Å². The third-order valence-electron chi connectivity index (χ3n) is 3.40. The van der Waals surface area contributed by atoms with Crippen LogP contribution < -0.4 is 5.32 Å². The molecule has 22 heavy (non-hydrogen) atoms. The molecule has 0 aliphatic rings. The number of carbonyl (C=O) groups is 2. The highest BCUT2D eigenvalue weighted by atomic mass is 35.5. The molecule has 114 valence electrons. The molecule has 0 aliphatic carbocycles. The number of halogens is 1. The molecule has 1 atom stereocenters. The molecule has 0 aliphatic heterocycles. The predicted octanol–water partition coefficient (Wildman–Crippen LogP) is 4.18. The van der Waals surface area contributed by atoms with E-state index < -0.39 is 0 Å². The van der Waals surface area contributed by atoms with Crippen LogP contribution in [0, 0.1) is 0 Å². The van der Waals surface area contributed by atoms with Crippen molar-refractivity contribution in [1.29, 1.82) is 0 Å².